The molecule has 1 aliphatic rings. The Bertz CT molecular complexity index is 749. The molecule has 1 aromatic heterocycles. The molecule has 0 saturated heterocycles. The molecule has 1 unspecified atom stereocenters. The number of nitrogens with one attached hydrogen (secondary N) is 1. The van der Waals surface area contributed by atoms with Crippen LogP contribution in [0.5, 0.6) is 0 Å². The summed E-state index contributed by atoms with van der Waals surface area (Å²) in [6, 6.07) is 6.38. The number of rotatable bonds is 6. The first-order chi connectivity index (χ1) is 12.0. The van der Waals surface area contributed by atoms with Crippen LogP contribution in [0, 0.1) is 11.7 Å². The highest BCUT2D eigenvalue weighted by atomic mass is 19.1. The molecule has 5 heteroatoms. The van der Waals surface area contributed by atoms with Gasteiger partial charge in [-0.2, -0.15) is 5.10 Å². The maximum atomic E-state index is 13.2. The number of nitrogens with zero attached hydrogens (tertiary/aromatic N) is 2. The first-order valence-electron chi connectivity index (χ1n) is 9.13. The van der Waals surface area contributed by atoms with Gasteiger partial charge in [0.2, 0.25) is 0 Å². The molecule has 4 nitrogen and oxygen atoms in total. The van der Waals surface area contributed by atoms with Crippen LogP contribution in [0.15, 0.2) is 24.3 Å². The average molecular weight is 343 g/mol. The fourth-order valence-electron chi connectivity index (χ4n) is 3.36. The third-order valence-electron chi connectivity index (χ3n) is 4.77. The minimum atomic E-state index is -0.274. The molecule has 3 rings (SSSR count). The topological polar surface area (TPSA) is 46.9 Å². The molecule has 0 fully saturated rings. The molecule has 1 amide bonds. The maximum absolute atomic E-state index is 13.2. The van der Waals surface area contributed by atoms with E-state index in [0.29, 0.717) is 11.6 Å². The summed E-state index contributed by atoms with van der Waals surface area (Å²) in [7, 11) is 0. The molecule has 0 bridgehead atoms. The van der Waals surface area contributed by atoms with Crippen molar-refractivity contribution in [1.29, 1.82) is 0 Å². The van der Waals surface area contributed by atoms with Crippen molar-refractivity contribution in [1.82, 2.24) is 15.1 Å². The normalized spacial score (nSPS) is 14.6. The Kier molecular flexibility index (Phi) is 5.21. The van der Waals surface area contributed by atoms with Gasteiger partial charge in [-0.05, 0) is 69.2 Å². The Balaban J connectivity index is 1.81. The summed E-state index contributed by atoms with van der Waals surface area (Å²) >= 11 is 0. The average Bonchev–Trinajstić information content (AvgIpc) is 3.16. The van der Waals surface area contributed by atoms with E-state index in [2.05, 4.69) is 24.3 Å². The van der Waals surface area contributed by atoms with Crippen molar-refractivity contribution >= 4 is 5.91 Å². The minimum absolute atomic E-state index is 0.102. The Morgan fingerprint density at radius 1 is 1.20 bits per heavy atom. The SMILES string of the molecule is CC(C)CCC(C)NC(=O)c1nn(-c2ccc(F)cc2)c2c1CCC2. The lowest BCUT2D eigenvalue weighted by atomic mass is 10.0. The smallest absolute Gasteiger partial charge is 0.272 e. The van der Waals surface area contributed by atoms with Gasteiger partial charge in [-0.15, -0.1) is 0 Å². The van der Waals surface area contributed by atoms with Gasteiger partial charge < -0.3 is 5.32 Å². The Hall–Kier alpha value is -2.17. The van der Waals surface area contributed by atoms with E-state index in [1.54, 1.807) is 16.8 Å². The first kappa shape index (κ1) is 17.6. The molecule has 1 N–H and O–H groups in total. The molecule has 25 heavy (non-hydrogen) atoms. The largest absolute Gasteiger partial charge is 0.348 e. The molecule has 1 heterocycles. The quantitative estimate of drug-likeness (QED) is 0.860. The molecular weight excluding hydrogens is 317 g/mol. The zero-order valence-electron chi connectivity index (χ0n) is 15.2. The first-order valence-corrected chi connectivity index (χ1v) is 9.13. The van der Waals surface area contributed by atoms with Gasteiger partial charge in [0.1, 0.15) is 5.82 Å². The monoisotopic (exact) mass is 343 g/mol. The summed E-state index contributed by atoms with van der Waals surface area (Å²) in [4.78, 5) is 12.7. The summed E-state index contributed by atoms with van der Waals surface area (Å²) in [6.45, 7) is 6.41. The van der Waals surface area contributed by atoms with Gasteiger partial charge in [-0.3, -0.25) is 4.79 Å². The highest BCUT2D eigenvalue weighted by molar-refractivity contribution is 5.94. The summed E-state index contributed by atoms with van der Waals surface area (Å²) in [5.74, 6) is 0.251. The summed E-state index contributed by atoms with van der Waals surface area (Å²) in [5.41, 5.74) is 3.43. The van der Waals surface area contributed by atoms with Crippen molar-refractivity contribution in [3.63, 3.8) is 0 Å². The number of carbonyl (C=O) groups excluding carboxylic acids is 1. The number of amides is 1. The van der Waals surface area contributed by atoms with E-state index >= 15 is 0 Å². The van der Waals surface area contributed by atoms with Crippen LogP contribution in [0.3, 0.4) is 0 Å². The van der Waals surface area contributed by atoms with Crippen LogP contribution in [0.2, 0.25) is 0 Å². The number of hydrogen-bond acceptors (Lipinski definition) is 2. The van der Waals surface area contributed by atoms with Crippen molar-refractivity contribution in [3.8, 4) is 5.69 Å². The highest BCUT2D eigenvalue weighted by Gasteiger charge is 2.27. The Morgan fingerprint density at radius 3 is 2.60 bits per heavy atom. The zero-order valence-corrected chi connectivity index (χ0v) is 15.2. The van der Waals surface area contributed by atoms with E-state index in [9.17, 15) is 9.18 Å². The van der Waals surface area contributed by atoms with E-state index < -0.39 is 0 Å². The lowest BCUT2D eigenvalue weighted by Crippen LogP contribution is -2.33. The van der Waals surface area contributed by atoms with Crippen LogP contribution in [0.25, 0.3) is 5.69 Å². The minimum Gasteiger partial charge on any atom is -0.348 e. The van der Waals surface area contributed by atoms with Gasteiger partial charge >= 0.3 is 0 Å². The van der Waals surface area contributed by atoms with Gasteiger partial charge in [-0.25, -0.2) is 9.07 Å². The molecular formula is C20H26FN3O. The summed E-state index contributed by atoms with van der Waals surface area (Å²) in [5, 5.41) is 7.64. The zero-order chi connectivity index (χ0) is 18.0. The number of fused-ring (bicyclic) bond motifs is 1. The highest BCUT2D eigenvalue weighted by Crippen LogP contribution is 2.28. The van der Waals surface area contributed by atoms with Crippen LogP contribution in [-0.4, -0.2) is 21.7 Å². The maximum Gasteiger partial charge on any atom is 0.272 e. The van der Waals surface area contributed by atoms with Crippen molar-refractivity contribution in [2.45, 2.75) is 58.9 Å². The lowest BCUT2D eigenvalue weighted by Gasteiger charge is -2.14. The fraction of sp³-hybridized carbons (Fsp3) is 0.500. The van der Waals surface area contributed by atoms with Crippen LogP contribution in [0.1, 0.15) is 61.8 Å². The number of benzene rings is 1. The third-order valence-corrected chi connectivity index (χ3v) is 4.77. The van der Waals surface area contributed by atoms with Crippen molar-refractivity contribution in [3.05, 3.63) is 47.0 Å². The molecule has 0 aliphatic heterocycles. The molecule has 1 aliphatic carbocycles. The van der Waals surface area contributed by atoms with Crippen LogP contribution in [-0.2, 0) is 12.8 Å². The Morgan fingerprint density at radius 2 is 1.92 bits per heavy atom. The van der Waals surface area contributed by atoms with Crippen LogP contribution in [0.4, 0.5) is 4.39 Å². The Labute approximate surface area is 148 Å². The standard InChI is InChI=1S/C20H26FN3O/c1-13(2)7-8-14(3)22-20(25)19-17-5-4-6-18(17)24(23-19)16-11-9-15(21)10-12-16/h9-14H,4-8H2,1-3H3,(H,22,25). The number of carbonyl (C=O) groups is 1. The predicted octanol–water partition coefficient (Wildman–Crippen LogP) is 4.05. The molecule has 0 spiro atoms. The summed E-state index contributed by atoms with van der Waals surface area (Å²) < 4.78 is 15.0. The number of halogens is 1. The number of hydrogen-bond donors (Lipinski definition) is 1. The second-order valence-electron chi connectivity index (χ2n) is 7.36. The van der Waals surface area contributed by atoms with E-state index in [1.165, 1.54) is 12.1 Å². The predicted molar refractivity (Wildman–Crippen MR) is 96.5 cm³/mol. The molecule has 0 radical (unpaired) electrons. The van der Waals surface area contributed by atoms with Gasteiger partial charge in [0.05, 0.1) is 5.69 Å². The molecule has 1 aromatic carbocycles. The second-order valence-corrected chi connectivity index (χ2v) is 7.36. The van der Waals surface area contributed by atoms with Crippen molar-refractivity contribution in [2.24, 2.45) is 5.92 Å². The van der Waals surface area contributed by atoms with Crippen LogP contribution >= 0.6 is 0 Å². The van der Waals surface area contributed by atoms with Crippen molar-refractivity contribution in [2.75, 3.05) is 0 Å². The van der Waals surface area contributed by atoms with E-state index in [0.717, 1.165) is 49.0 Å². The lowest BCUT2D eigenvalue weighted by molar-refractivity contribution is 0.0931. The summed E-state index contributed by atoms with van der Waals surface area (Å²) in [6.07, 6.45) is 4.85. The number of aromatic nitrogens is 2. The van der Waals surface area contributed by atoms with E-state index in [1.807, 2.05) is 6.92 Å². The van der Waals surface area contributed by atoms with Crippen LogP contribution < -0.4 is 5.32 Å². The van der Waals surface area contributed by atoms with E-state index in [-0.39, 0.29) is 17.8 Å². The van der Waals surface area contributed by atoms with Crippen molar-refractivity contribution < 1.29 is 9.18 Å². The molecule has 134 valence electrons. The molecule has 2 aromatic rings. The second kappa shape index (κ2) is 7.38. The van der Waals surface area contributed by atoms with Gasteiger partial charge in [0, 0.05) is 17.3 Å². The third kappa shape index (κ3) is 3.91. The molecule has 1 atom stereocenters. The van der Waals surface area contributed by atoms with E-state index in [4.69, 9.17) is 0 Å². The van der Waals surface area contributed by atoms with Gasteiger partial charge in [0.25, 0.3) is 5.91 Å². The van der Waals surface area contributed by atoms with Gasteiger partial charge in [0.15, 0.2) is 5.69 Å². The molecule has 0 saturated carbocycles. The fourth-order valence-corrected chi connectivity index (χ4v) is 3.36. The van der Waals surface area contributed by atoms with Gasteiger partial charge in [-0.1, -0.05) is 13.8 Å².